The second kappa shape index (κ2) is 6.76. The molecule has 0 radical (unpaired) electrons. The van der Waals surface area contributed by atoms with Gasteiger partial charge in [0.05, 0.1) is 17.7 Å². The summed E-state index contributed by atoms with van der Waals surface area (Å²) in [7, 11) is 0. The van der Waals surface area contributed by atoms with Crippen molar-refractivity contribution in [2.45, 2.75) is 20.4 Å². The summed E-state index contributed by atoms with van der Waals surface area (Å²) in [4.78, 5) is 24.9. The largest absolute Gasteiger partial charge is 0.463 e. The van der Waals surface area contributed by atoms with E-state index in [1.54, 1.807) is 13.8 Å². The molecular formula is C22H19NO4. The Hall–Kier alpha value is -3.34. The minimum absolute atomic E-state index is 0.264. The normalized spacial score (nSPS) is 14.8. The van der Waals surface area contributed by atoms with Gasteiger partial charge in [0, 0.05) is 17.4 Å². The van der Waals surface area contributed by atoms with Crippen molar-refractivity contribution in [3.05, 3.63) is 77.0 Å². The lowest BCUT2D eigenvalue weighted by atomic mass is 10.1. The van der Waals surface area contributed by atoms with Crippen LogP contribution in [0.1, 0.15) is 35.5 Å². The van der Waals surface area contributed by atoms with Crippen molar-refractivity contribution < 1.29 is 19.1 Å². The molecule has 3 aromatic rings. The second-order valence-electron chi connectivity index (χ2n) is 6.38. The number of carbonyl (C=O) groups is 2. The minimum Gasteiger partial charge on any atom is -0.463 e. The monoisotopic (exact) mass is 361 g/mol. The van der Waals surface area contributed by atoms with E-state index < -0.39 is 11.9 Å². The zero-order valence-electron chi connectivity index (χ0n) is 15.2. The number of rotatable bonds is 4. The predicted molar refractivity (Wildman–Crippen MR) is 102 cm³/mol. The molecule has 1 aromatic heterocycles. The Bertz CT molecular complexity index is 1080. The van der Waals surface area contributed by atoms with Crippen LogP contribution in [-0.2, 0) is 20.8 Å². The first-order valence-corrected chi connectivity index (χ1v) is 8.87. The molecule has 2 heterocycles. The number of nitrogens with zero attached hydrogens (tertiary/aromatic N) is 1. The lowest BCUT2D eigenvalue weighted by molar-refractivity contribution is -0.138. The van der Waals surface area contributed by atoms with E-state index in [1.807, 2.05) is 59.2 Å². The smallest absolute Gasteiger partial charge is 0.361 e. The van der Waals surface area contributed by atoms with Crippen LogP contribution in [0.2, 0.25) is 0 Å². The third-order valence-corrected chi connectivity index (χ3v) is 4.69. The van der Waals surface area contributed by atoms with Crippen molar-refractivity contribution in [1.82, 2.24) is 4.57 Å². The molecule has 0 aliphatic carbocycles. The average molecular weight is 361 g/mol. The highest BCUT2D eigenvalue weighted by Crippen LogP contribution is 2.40. The maximum Gasteiger partial charge on any atom is 0.361 e. The number of benzene rings is 2. The zero-order chi connectivity index (χ0) is 19.0. The summed E-state index contributed by atoms with van der Waals surface area (Å²) in [6, 6.07) is 17.7. The molecule has 1 aliphatic rings. The Morgan fingerprint density at radius 1 is 1.07 bits per heavy atom. The van der Waals surface area contributed by atoms with Gasteiger partial charge in [-0.25, -0.2) is 9.59 Å². The summed E-state index contributed by atoms with van der Waals surface area (Å²) in [5.74, 6) is -0.639. The molecule has 0 N–H and O–H groups in total. The van der Waals surface area contributed by atoms with E-state index in [-0.39, 0.29) is 12.4 Å². The Labute approximate surface area is 156 Å². The van der Waals surface area contributed by atoms with Gasteiger partial charge in [-0.15, -0.1) is 0 Å². The number of cyclic esters (lactones) is 1. The molecule has 2 aromatic carbocycles. The summed E-state index contributed by atoms with van der Waals surface area (Å²) in [5.41, 5.74) is 3.44. The highest BCUT2D eigenvalue weighted by molar-refractivity contribution is 6.14. The summed E-state index contributed by atoms with van der Waals surface area (Å²) in [6.07, 6.45) is 0. The van der Waals surface area contributed by atoms with Gasteiger partial charge in [0.2, 0.25) is 0 Å². The summed E-state index contributed by atoms with van der Waals surface area (Å²) in [5, 5.41) is 0.882. The van der Waals surface area contributed by atoms with Crippen LogP contribution < -0.4 is 0 Å². The lowest BCUT2D eigenvalue weighted by Gasteiger charge is -2.09. The fourth-order valence-electron chi connectivity index (χ4n) is 3.46. The quantitative estimate of drug-likeness (QED) is 0.517. The van der Waals surface area contributed by atoms with Crippen LogP contribution in [0.3, 0.4) is 0 Å². The molecule has 0 saturated carbocycles. The molecule has 0 unspecified atom stereocenters. The number of ether oxygens (including phenoxy) is 2. The fraction of sp³-hybridized carbons (Fsp3) is 0.182. The molecule has 1 aliphatic heterocycles. The minimum atomic E-state index is -0.479. The van der Waals surface area contributed by atoms with Crippen molar-refractivity contribution in [3.63, 3.8) is 0 Å². The van der Waals surface area contributed by atoms with Crippen LogP contribution in [0.5, 0.6) is 0 Å². The Morgan fingerprint density at radius 2 is 1.78 bits per heavy atom. The first-order chi connectivity index (χ1) is 13.1. The molecule has 136 valence electrons. The number of fused-ring (bicyclic) bond motifs is 3. The Morgan fingerprint density at radius 3 is 2.52 bits per heavy atom. The van der Waals surface area contributed by atoms with Crippen molar-refractivity contribution in [2.24, 2.45) is 0 Å². The van der Waals surface area contributed by atoms with Gasteiger partial charge in [-0.3, -0.25) is 0 Å². The first kappa shape index (κ1) is 17.1. The topological polar surface area (TPSA) is 57.5 Å². The standard InChI is InChI=1S/C22H19NO4/c1-3-26-21(24)14(2)20-18-16-11-7-8-12-17(16)23(19(18)22(25)27-20)13-15-9-5-4-6-10-15/h4-12H,3,13H2,1-2H3/b20-14+. The molecule has 5 heteroatoms. The van der Waals surface area contributed by atoms with E-state index in [1.165, 1.54) is 0 Å². The number of hydrogen-bond acceptors (Lipinski definition) is 4. The van der Waals surface area contributed by atoms with Gasteiger partial charge >= 0.3 is 11.9 Å². The number of carbonyl (C=O) groups excluding carboxylic acids is 2. The van der Waals surface area contributed by atoms with E-state index >= 15 is 0 Å². The third kappa shape index (κ3) is 2.81. The zero-order valence-corrected chi connectivity index (χ0v) is 15.2. The van der Waals surface area contributed by atoms with Gasteiger partial charge in [-0.2, -0.15) is 0 Å². The van der Waals surface area contributed by atoms with Crippen molar-refractivity contribution in [3.8, 4) is 0 Å². The molecule has 0 amide bonds. The summed E-state index contributed by atoms with van der Waals surface area (Å²) in [6.45, 7) is 4.17. The van der Waals surface area contributed by atoms with E-state index in [4.69, 9.17) is 9.47 Å². The molecule has 4 rings (SSSR count). The van der Waals surface area contributed by atoms with Crippen molar-refractivity contribution in [2.75, 3.05) is 6.61 Å². The fourth-order valence-corrected chi connectivity index (χ4v) is 3.46. The molecule has 5 nitrogen and oxygen atoms in total. The van der Waals surface area contributed by atoms with Gasteiger partial charge in [0.25, 0.3) is 0 Å². The number of hydrogen-bond donors (Lipinski definition) is 0. The van der Waals surface area contributed by atoms with Crippen LogP contribution in [0.25, 0.3) is 16.7 Å². The molecular weight excluding hydrogens is 342 g/mol. The lowest BCUT2D eigenvalue weighted by Crippen LogP contribution is -2.09. The van der Waals surface area contributed by atoms with E-state index in [9.17, 15) is 9.59 Å². The van der Waals surface area contributed by atoms with Crippen molar-refractivity contribution in [1.29, 1.82) is 0 Å². The van der Waals surface area contributed by atoms with Gasteiger partial charge in [-0.05, 0) is 25.5 Å². The molecule has 27 heavy (non-hydrogen) atoms. The first-order valence-electron chi connectivity index (χ1n) is 8.87. The molecule has 0 atom stereocenters. The Kier molecular flexibility index (Phi) is 4.28. The summed E-state index contributed by atoms with van der Waals surface area (Å²) >= 11 is 0. The van der Waals surface area contributed by atoms with Crippen LogP contribution in [0, 0.1) is 0 Å². The SMILES string of the molecule is CCOC(=O)/C(C)=C1/OC(=O)c2c1c1ccccc1n2Cc1ccccc1. The maximum atomic E-state index is 12.7. The second-order valence-corrected chi connectivity index (χ2v) is 6.38. The maximum absolute atomic E-state index is 12.7. The number of aromatic nitrogens is 1. The molecule has 0 saturated heterocycles. The number of esters is 2. The Balaban J connectivity index is 1.94. The highest BCUT2D eigenvalue weighted by Gasteiger charge is 2.36. The van der Waals surface area contributed by atoms with Crippen LogP contribution in [0.4, 0.5) is 0 Å². The van der Waals surface area contributed by atoms with E-state index in [0.717, 1.165) is 16.5 Å². The van der Waals surface area contributed by atoms with E-state index in [2.05, 4.69) is 0 Å². The van der Waals surface area contributed by atoms with E-state index in [0.29, 0.717) is 23.4 Å². The van der Waals surface area contributed by atoms with Gasteiger partial charge < -0.3 is 14.0 Å². The molecule has 0 bridgehead atoms. The van der Waals surface area contributed by atoms with Crippen LogP contribution in [0.15, 0.2) is 60.2 Å². The van der Waals surface area contributed by atoms with Gasteiger partial charge in [0.15, 0.2) is 5.76 Å². The van der Waals surface area contributed by atoms with Crippen LogP contribution in [-0.4, -0.2) is 23.1 Å². The molecule has 0 fully saturated rings. The average Bonchev–Trinajstić information content (AvgIpc) is 3.19. The van der Waals surface area contributed by atoms with Crippen LogP contribution >= 0.6 is 0 Å². The highest BCUT2D eigenvalue weighted by atomic mass is 16.6. The number of para-hydroxylation sites is 1. The van der Waals surface area contributed by atoms with Gasteiger partial charge in [-0.1, -0.05) is 48.5 Å². The predicted octanol–water partition coefficient (Wildman–Crippen LogP) is 4.15. The third-order valence-electron chi connectivity index (χ3n) is 4.69. The van der Waals surface area contributed by atoms with Crippen molar-refractivity contribution >= 4 is 28.6 Å². The summed E-state index contributed by atoms with van der Waals surface area (Å²) < 4.78 is 12.5. The van der Waals surface area contributed by atoms with Gasteiger partial charge in [0.1, 0.15) is 5.69 Å². The molecule has 0 spiro atoms.